The maximum absolute atomic E-state index is 13.4. The lowest BCUT2D eigenvalue weighted by Crippen LogP contribution is -1.94. The summed E-state index contributed by atoms with van der Waals surface area (Å²) in [5.41, 5.74) is 0.401. The van der Waals surface area contributed by atoms with E-state index in [1.54, 1.807) is 6.07 Å². The largest absolute Gasteiger partial charge is 0.481 e. The van der Waals surface area contributed by atoms with Gasteiger partial charge in [0, 0.05) is 12.2 Å². The Hall–Kier alpha value is -1.14. The number of carboxylic acids is 1. The molecule has 3 nitrogen and oxygen atoms in total. The molecular weight excluding hydrogens is 261 g/mol. The summed E-state index contributed by atoms with van der Waals surface area (Å²) in [4.78, 5) is 14.5. The van der Waals surface area contributed by atoms with Crippen molar-refractivity contribution in [2.24, 2.45) is 0 Å². The fourth-order valence-corrected chi connectivity index (χ4v) is 3.42. The van der Waals surface area contributed by atoms with Gasteiger partial charge in [0.25, 0.3) is 0 Å². The van der Waals surface area contributed by atoms with Gasteiger partial charge in [0.05, 0.1) is 4.70 Å². The van der Waals surface area contributed by atoms with Gasteiger partial charge >= 0.3 is 5.97 Å². The van der Waals surface area contributed by atoms with Crippen molar-refractivity contribution in [1.82, 2.24) is 4.98 Å². The molecule has 0 bridgehead atoms. The molecule has 1 heterocycles. The summed E-state index contributed by atoms with van der Waals surface area (Å²) in [6.07, 6.45) is 0.755. The number of thiazole rings is 1. The monoisotopic (exact) mass is 271 g/mol. The Bertz CT molecular complexity index is 541. The van der Waals surface area contributed by atoms with Crippen LogP contribution < -0.4 is 0 Å². The number of benzene rings is 1. The second-order valence-electron chi connectivity index (χ2n) is 3.41. The van der Waals surface area contributed by atoms with Gasteiger partial charge in [-0.25, -0.2) is 9.37 Å². The molecule has 90 valence electrons. The number of halogens is 1. The predicted molar refractivity (Wildman–Crippen MR) is 67.2 cm³/mol. The van der Waals surface area contributed by atoms with Crippen molar-refractivity contribution in [1.29, 1.82) is 0 Å². The van der Waals surface area contributed by atoms with Crippen molar-refractivity contribution >= 4 is 39.3 Å². The zero-order valence-corrected chi connectivity index (χ0v) is 10.5. The Morgan fingerprint density at radius 3 is 3.06 bits per heavy atom. The number of fused-ring (bicyclic) bond motifs is 1. The molecule has 6 heteroatoms. The molecule has 1 N–H and O–H groups in total. The minimum Gasteiger partial charge on any atom is -0.481 e. The highest BCUT2D eigenvalue weighted by Crippen LogP contribution is 2.31. The Morgan fingerprint density at radius 2 is 2.35 bits per heavy atom. The molecule has 17 heavy (non-hydrogen) atoms. The highest BCUT2D eigenvalue weighted by atomic mass is 32.2. The maximum Gasteiger partial charge on any atom is 0.303 e. The number of rotatable bonds is 5. The standard InChI is InChI=1S/C11H10FNO2S2/c12-7-3-1-4-8-10(7)13-11(17-8)16-6-2-5-9(14)15/h1,3-4H,2,5-6H2,(H,14,15). The van der Waals surface area contributed by atoms with Gasteiger partial charge < -0.3 is 5.11 Å². The zero-order chi connectivity index (χ0) is 12.3. The van der Waals surface area contributed by atoms with Crippen LogP contribution in [0.5, 0.6) is 0 Å². The lowest BCUT2D eigenvalue weighted by Gasteiger charge is -1.94. The highest BCUT2D eigenvalue weighted by Gasteiger charge is 2.08. The molecule has 1 aromatic heterocycles. The van der Waals surface area contributed by atoms with Crippen molar-refractivity contribution in [3.05, 3.63) is 24.0 Å². The molecule has 2 aromatic rings. The van der Waals surface area contributed by atoms with Gasteiger partial charge in [-0.1, -0.05) is 17.8 Å². The van der Waals surface area contributed by atoms with E-state index in [9.17, 15) is 9.18 Å². The number of aliphatic carboxylic acids is 1. The van der Waals surface area contributed by atoms with Crippen LogP contribution in [-0.4, -0.2) is 21.8 Å². The average Bonchev–Trinajstić information content (AvgIpc) is 2.69. The van der Waals surface area contributed by atoms with Crippen molar-refractivity contribution in [3.8, 4) is 0 Å². The second kappa shape index (κ2) is 5.46. The number of hydrogen-bond acceptors (Lipinski definition) is 4. The Morgan fingerprint density at radius 1 is 1.53 bits per heavy atom. The predicted octanol–water partition coefficient (Wildman–Crippen LogP) is 3.39. The van der Waals surface area contributed by atoms with Crippen LogP contribution in [0, 0.1) is 5.82 Å². The maximum atomic E-state index is 13.4. The van der Waals surface area contributed by atoms with E-state index in [0.717, 1.165) is 9.04 Å². The van der Waals surface area contributed by atoms with Crippen molar-refractivity contribution in [2.75, 3.05) is 5.75 Å². The second-order valence-corrected chi connectivity index (χ2v) is 5.78. The fourth-order valence-electron chi connectivity index (χ4n) is 1.34. The summed E-state index contributed by atoms with van der Waals surface area (Å²) < 4.78 is 15.0. The zero-order valence-electron chi connectivity index (χ0n) is 8.85. The molecular formula is C11H10FNO2S2. The van der Waals surface area contributed by atoms with Gasteiger partial charge in [-0.3, -0.25) is 4.79 Å². The molecule has 0 saturated heterocycles. The molecule has 1 aromatic carbocycles. The molecule has 0 aliphatic carbocycles. The van der Waals surface area contributed by atoms with E-state index in [1.165, 1.54) is 29.2 Å². The summed E-state index contributed by atoms with van der Waals surface area (Å²) in [7, 11) is 0. The first-order valence-electron chi connectivity index (χ1n) is 5.06. The quantitative estimate of drug-likeness (QED) is 0.669. The van der Waals surface area contributed by atoms with E-state index in [4.69, 9.17) is 5.11 Å². The molecule has 0 radical (unpaired) electrons. The van der Waals surface area contributed by atoms with E-state index in [1.807, 2.05) is 6.07 Å². The van der Waals surface area contributed by atoms with E-state index in [-0.39, 0.29) is 12.2 Å². The topological polar surface area (TPSA) is 50.2 Å². The molecule has 0 atom stereocenters. The van der Waals surface area contributed by atoms with Crippen LogP contribution in [0.1, 0.15) is 12.8 Å². The summed E-state index contributed by atoms with van der Waals surface area (Å²) in [6, 6.07) is 4.88. The molecule has 2 rings (SSSR count). The van der Waals surface area contributed by atoms with E-state index in [2.05, 4.69) is 4.98 Å². The number of nitrogens with zero attached hydrogens (tertiary/aromatic N) is 1. The van der Waals surface area contributed by atoms with E-state index in [0.29, 0.717) is 17.7 Å². The first-order valence-corrected chi connectivity index (χ1v) is 6.86. The van der Waals surface area contributed by atoms with Gasteiger partial charge in [0.1, 0.15) is 11.3 Å². The average molecular weight is 271 g/mol. The van der Waals surface area contributed by atoms with Crippen LogP contribution in [0.15, 0.2) is 22.5 Å². The molecule has 0 aliphatic heterocycles. The van der Waals surface area contributed by atoms with Gasteiger partial charge in [0.15, 0.2) is 4.34 Å². The van der Waals surface area contributed by atoms with Gasteiger partial charge in [-0.2, -0.15) is 0 Å². The Kier molecular flexibility index (Phi) is 3.96. The smallest absolute Gasteiger partial charge is 0.303 e. The lowest BCUT2D eigenvalue weighted by molar-refractivity contribution is -0.137. The van der Waals surface area contributed by atoms with Crippen molar-refractivity contribution in [2.45, 2.75) is 17.2 Å². The fraction of sp³-hybridized carbons (Fsp3) is 0.273. The van der Waals surface area contributed by atoms with E-state index < -0.39 is 5.97 Å². The number of aromatic nitrogens is 1. The Labute approximate surface area is 106 Å². The summed E-state index contributed by atoms with van der Waals surface area (Å²) in [5.74, 6) is -0.412. The van der Waals surface area contributed by atoms with Crippen LogP contribution in [0.3, 0.4) is 0 Å². The SMILES string of the molecule is O=C(O)CCCSc1nc2c(F)cccc2s1. The van der Waals surface area contributed by atoms with Crippen LogP contribution in [0.2, 0.25) is 0 Å². The Balaban J connectivity index is 2.00. The lowest BCUT2D eigenvalue weighted by atomic mass is 10.3. The molecule has 0 unspecified atom stereocenters. The minimum absolute atomic E-state index is 0.159. The third kappa shape index (κ3) is 3.17. The normalized spacial score (nSPS) is 10.9. The van der Waals surface area contributed by atoms with Crippen molar-refractivity contribution < 1.29 is 14.3 Å². The number of carbonyl (C=O) groups is 1. The first kappa shape index (κ1) is 12.3. The summed E-state index contributed by atoms with van der Waals surface area (Å²) >= 11 is 2.91. The highest BCUT2D eigenvalue weighted by molar-refractivity contribution is 8.01. The molecule has 0 fully saturated rings. The molecule has 0 aliphatic rings. The van der Waals surface area contributed by atoms with Gasteiger partial charge in [-0.15, -0.1) is 11.3 Å². The van der Waals surface area contributed by atoms with E-state index >= 15 is 0 Å². The third-order valence-electron chi connectivity index (χ3n) is 2.11. The minimum atomic E-state index is -0.791. The summed E-state index contributed by atoms with van der Waals surface area (Å²) in [6.45, 7) is 0. The molecule has 0 spiro atoms. The summed E-state index contributed by atoms with van der Waals surface area (Å²) in [5, 5.41) is 8.49. The number of carboxylic acid groups (broad SMARTS) is 1. The molecule has 0 saturated carbocycles. The van der Waals surface area contributed by atoms with Crippen LogP contribution >= 0.6 is 23.1 Å². The van der Waals surface area contributed by atoms with Crippen molar-refractivity contribution in [3.63, 3.8) is 0 Å². The van der Waals surface area contributed by atoms with Crippen LogP contribution in [-0.2, 0) is 4.79 Å². The molecule has 0 amide bonds. The van der Waals surface area contributed by atoms with Crippen LogP contribution in [0.4, 0.5) is 4.39 Å². The number of hydrogen-bond donors (Lipinski definition) is 1. The number of para-hydroxylation sites is 1. The number of thioether (sulfide) groups is 1. The third-order valence-corrected chi connectivity index (χ3v) is 4.36. The van der Waals surface area contributed by atoms with Gasteiger partial charge in [-0.05, 0) is 18.6 Å². The van der Waals surface area contributed by atoms with Gasteiger partial charge in [0.2, 0.25) is 0 Å². The van der Waals surface area contributed by atoms with Crippen LogP contribution in [0.25, 0.3) is 10.2 Å². The first-order chi connectivity index (χ1) is 8.16.